The van der Waals surface area contributed by atoms with Gasteiger partial charge in [-0.1, -0.05) is 6.42 Å². The van der Waals surface area contributed by atoms with Crippen LogP contribution in [-0.4, -0.2) is 46.0 Å². The van der Waals surface area contributed by atoms with E-state index in [0.29, 0.717) is 23.5 Å². The third-order valence-electron chi connectivity index (χ3n) is 6.81. The molecule has 2 saturated carbocycles. The highest BCUT2D eigenvalue weighted by atomic mass is 127. The van der Waals surface area contributed by atoms with Gasteiger partial charge in [0.1, 0.15) is 11.5 Å². The number of guanidine groups is 1. The van der Waals surface area contributed by atoms with E-state index in [1.807, 2.05) is 25.2 Å². The van der Waals surface area contributed by atoms with Crippen molar-refractivity contribution in [3.05, 3.63) is 23.8 Å². The maximum absolute atomic E-state index is 6.03. The molecule has 3 fully saturated rings. The van der Waals surface area contributed by atoms with Gasteiger partial charge >= 0.3 is 0 Å². The molecule has 1 saturated heterocycles. The molecule has 4 unspecified atom stereocenters. The number of nitrogens with one attached hydrogen (secondary N) is 2. The number of nitrogens with zero attached hydrogens (tertiary/aromatic N) is 1. The Morgan fingerprint density at radius 1 is 1.29 bits per heavy atom. The second-order valence-electron chi connectivity index (χ2n) is 8.00. The molecule has 0 radical (unpaired) electrons. The predicted octanol–water partition coefficient (Wildman–Crippen LogP) is 3.51. The third kappa shape index (κ3) is 3.44. The molecule has 1 heterocycles. The van der Waals surface area contributed by atoms with Gasteiger partial charge in [-0.05, 0) is 44.4 Å². The zero-order valence-electron chi connectivity index (χ0n) is 17.2. The number of methoxy groups -OCH3 is 2. The smallest absolute Gasteiger partial charge is 0.191 e. The largest absolute Gasteiger partial charge is 0.497 e. The summed E-state index contributed by atoms with van der Waals surface area (Å²) in [6, 6.07) is 6.37. The number of aliphatic imine (C=N–C) groups is 1. The summed E-state index contributed by atoms with van der Waals surface area (Å²) < 4.78 is 16.9. The molecule has 1 spiro atoms. The summed E-state index contributed by atoms with van der Waals surface area (Å²) in [6.45, 7) is 3.02. The number of benzene rings is 1. The first kappa shape index (κ1) is 21.5. The molecule has 6 nitrogen and oxygen atoms in total. The average Bonchev–Trinajstić information content (AvgIpc) is 3.08. The molecule has 3 aliphatic rings. The van der Waals surface area contributed by atoms with Gasteiger partial charge in [0.15, 0.2) is 5.96 Å². The number of halogens is 1. The van der Waals surface area contributed by atoms with Crippen LogP contribution in [0.4, 0.5) is 0 Å². The molecule has 0 aromatic heterocycles. The van der Waals surface area contributed by atoms with Crippen LogP contribution in [0.15, 0.2) is 23.2 Å². The first-order valence-corrected chi connectivity index (χ1v) is 9.96. The fourth-order valence-electron chi connectivity index (χ4n) is 5.23. The van der Waals surface area contributed by atoms with Crippen molar-refractivity contribution in [2.45, 2.75) is 50.8 Å². The summed E-state index contributed by atoms with van der Waals surface area (Å²) in [6.07, 6.45) is 5.45. The van der Waals surface area contributed by atoms with Gasteiger partial charge in [-0.2, -0.15) is 0 Å². The van der Waals surface area contributed by atoms with Crippen molar-refractivity contribution in [3.63, 3.8) is 0 Å². The highest BCUT2D eigenvalue weighted by Crippen LogP contribution is 2.62. The van der Waals surface area contributed by atoms with E-state index in [-0.39, 0.29) is 30.0 Å². The zero-order chi connectivity index (χ0) is 19.0. The van der Waals surface area contributed by atoms with E-state index in [2.05, 4.69) is 22.5 Å². The molecule has 0 amide bonds. The average molecular weight is 501 g/mol. The molecule has 0 bridgehead atoms. The first-order chi connectivity index (χ1) is 13.1. The fourth-order valence-corrected chi connectivity index (χ4v) is 5.23. The minimum Gasteiger partial charge on any atom is -0.497 e. The highest BCUT2D eigenvalue weighted by Gasteiger charge is 2.66. The Bertz CT molecular complexity index is 723. The van der Waals surface area contributed by atoms with Crippen molar-refractivity contribution in [2.75, 3.05) is 27.9 Å². The van der Waals surface area contributed by atoms with Crippen LogP contribution < -0.4 is 20.1 Å². The van der Waals surface area contributed by atoms with Crippen molar-refractivity contribution in [1.82, 2.24) is 10.6 Å². The molecule has 1 aromatic carbocycles. The third-order valence-corrected chi connectivity index (χ3v) is 6.81. The maximum Gasteiger partial charge on any atom is 0.191 e. The molecule has 156 valence electrons. The molecule has 2 aliphatic carbocycles. The summed E-state index contributed by atoms with van der Waals surface area (Å²) in [5.41, 5.74) is 1.38. The Morgan fingerprint density at radius 3 is 2.68 bits per heavy atom. The Labute approximate surface area is 184 Å². The second-order valence-corrected chi connectivity index (χ2v) is 8.00. The van der Waals surface area contributed by atoms with Gasteiger partial charge in [-0.25, -0.2) is 0 Å². The van der Waals surface area contributed by atoms with E-state index < -0.39 is 0 Å². The molecule has 7 heteroatoms. The van der Waals surface area contributed by atoms with Crippen molar-refractivity contribution >= 4 is 29.9 Å². The number of hydrogen-bond donors (Lipinski definition) is 2. The van der Waals surface area contributed by atoms with Crippen LogP contribution in [0, 0.1) is 11.3 Å². The Balaban J connectivity index is 0.00000225. The van der Waals surface area contributed by atoms with Crippen LogP contribution in [0.2, 0.25) is 0 Å². The minimum absolute atomic E-state index is 0. The first-order valence-electron chi connectivity index (χ1n) is 9.96. The molecule has 1 aliphatic heterocycles. The summed E-state index contributed by atoms with van der Waals surface area (Å²) in [5.74, 6) is 3.12. The van der Waals surface area contributed by atoms with E-state index in [1.165, 1.54) is 19.3 Å². The van der Waals surface area contributed by atoms with Crippen LogP contribution in [0.25, 0.3) is 0 Å². The van der Waals surface area contributed by atoms with Gasteiger partial charge in [0, 0.05) is 36.6 Å². The summed E-state index contributed by atoms with van der Waals surface area (Å²) in [4.78, 5) is 4.49. The molecule has 4 rings (SSSR count). The fraction of sp³-hybridized carbons (Fsp3) is 0.667. The summed E-state index contributed by atoms with van der Waals surface area (Å²) in [5, 5.41) is 7.26. The Kier molecular flexibility index (Phi) is 6.64. The lowest BCUT2D eigenvalue weighted by Crippen LogP contribution is -2.72. The van der Waals surface area contributed by atoms with E-state index in [9.17, 15) is 0 Å². The van der Waals surface area contributed by atoms with Gasteiger partial charge in [-0.3, -0.25) is 4.99 Å². The molecule has 1 aromatic rings. The van der Waals surface area contributed by atoms with Crippen molar-refractivity contribution in [3.8, 4) is 11.5 Å². The number of hydrogen-bond acceptors (Lipinski definition) is 4. The summed E-state index contributed by atoms with van der Waals surface area (Å²) >= 11 is 0. The normalized spacial score (nSPS) is 28.3. The zero-order valence-corrected chi connectivity index (χ0v) is 19.5. The van der Waals surface area contributed by atoms with Crippen molar-refractivity contribution < 1.29 is 14.2 Å². The van der Waals surface area contributed by atoms with E-state index in [1.54, 1.807) is 14.2 Å². The second kappa shape index (κ2) is 8.65. The van der Waals surface area contributed by atoms with Crippen LogP contribution >= 0.6 is 24.0 Å². The van der Waals surface area contributed by atoms with Gasteiger partial charge in [0.25, 0.3) is 0 Å². The Morgan fingerprint density at radius 2 is 2.07 bits per heavy atom. The minimum atomic E-state index is 0. The predicted molar refractivity (Wildman–Crippen MR) is 121 cm³/mol. The lowest BCUT2D eigenvalue weighted by molar-refractivity contribution is -0.171. The van der Waals surface area contributed by atoms with Crippen LogP contribution in [0.3, 0.4) is 0 Å². The van der Waals surface area contributed by atoms with Gasteiger partial charge < -0.3 is 24.8 Å². The van der Waals surface area contributed by atoms with E-state index in [0.717, 1.165) is 36.0 Å². The monoisotopic (exact) mass is 501 g/mol. The molecular weight excluding hydrogens is 469 g/mol. The lowest BCUT2D eigenvalue weighted by atomic mass is 9.46. The molecular formula is C21H32IN3O3. The van der Waals surface area contributed by atoms with Crippen molar-refractivity contribution in [1.29, 1.82) is 0 Å². The SMILES string of the molecule is CN=C(NC(C)c1cc(OC)ccc1OC)NC1C2CCOC2C12CCC2.I. The van der Waals surface area contributed by atoms with Crippen LogP contribution in [0.5, 0.6) is 11.5 Å². The standard InChI is InChI=1S/C21H31N3O3.HI/c1-13(16-12-14(25-3)6-7-17(16)26-4)23-20(22-2)24-18-15-8-11-27-19(15)21(18)9-5-10-21;/h6-7,12-13,15,18-19H,5,8-11H2,1-4H3,(H2,22,23,24);1H. The molecule has 28 heavy (non-hydrogen) atoms. The topological polar surface area (TPSA) is 64.1 Å². The van der Waals surface area contributed by atoms with Gasteiger partial charge in [-0.15, -0.1) is 24.0 Å². The van der Waals surface area contributed by atoms with Gasteiger partial charge in [0.05, 0.1) is 26.4 Å². The van der Waals surface area contributed by atoms with E-state index >= 15 is 0 Å². The summed E-state index contributed by atoms with van der Waals surface area (Å²) in [7, 11) is 5.21. The van der Waals surface area contributed by atoms with Crippen molar-refractivity contribution in [2.24, 2.45) is 16.3 Å². The molecule has 2 N–H and O–H groups in total. The van der Waals surface area contributed by atoms with E-state index in [4.69, 9.17) is 14.2 Å². The quantitative estimate of drug-likeness (QED) is 0.368. The van der Waals surface area contributed by atoms with Crippen LogP contribution in [0.1, 0.15) is 44.2 Å². The highest BCUT2D eigenvalue weighted by molar-refractivity contribution is 14.0. The van der Waals surface area contributed by atoms with Gasteiger partial charge in [0.2, 0.25) is 0 Å². The number of rotatable bonds is 5. The maximum atomic E-state index is 6.03. The lowest BCUT2D eigenvalue weighted by Gasteiger charge is -2.63. The number of fused-ring (bicyclic) bond motifs is 2. The molecule has 4 atom stereocenters. The Hall–Kier alpha value is -1.22. The number of ether oxygens (including phenoxy) is 3. The van der Waals surface area contributed by atoms with Crippen LogP contribution in [-0.2, 0) is 4.74 Å².